The van der Waals surface area contributed by atoms with Gasteiger partial charge >= 0.3 is 0 Å². The predicted molar refractivity (Wildman–Crippen MR) is 66.3 cm³/mol. The second kappa shape index (κ2) is 9.67. The monoisotopic (exact) mass is 202 g/mol. The summed E-state index contributed by atoms with van der Waals surface area (Å²) in [7, 11) is 0. The van der Waals surface area contributed by atoms with Gasteiger partial charge in [0.1, 0.15) is 0 Å². The van der Waals surface area contributed by atoms with Crippen LogP contribution >= 0.6 is 0 Å². The van der Waals surface area contributed by atoms with Crippen LogP contribution in [0.3, 0.4) is 0 Å². The average Bonchev–Trinajstić information content (AvgIpc) is 2.27. The Morgan fingerprint density at radius 1 is 0.400 bits per heavy atom. The number of hydrogen-bond donors (Lipinski definition) is 0. The highest BCUT2D eigenvalue weighted by molar-refractivity contribution is 5.25. The summed E-state index contributed by atoms with van der Waals surface area (Å²) >= 11 is 0. The molecule has 82 valence electrons. The zero-order valence-corrected chi connectivity index (χ0v) is 9.78. The van der Waals surface area contributed by atoms with E-state index < -0.39 is 0 Å². The molecule has 0 heterocycles. The topological polar surface area (TPSA) is 0 Å². The van der Waals surface area contributed by atoms with Gasteiger partial charge in [-0.1, -0.05) is 56.8 Å². The van der Waals surface area contributed by atoms with Crippen LogP contribution in [0, 0.1) is 23.7 Å². The smallest absolute Gasteiger partial charge is 0.00989 e. The molecule has 0 heteroatoms. The van der Waals surface area contributed by atoms with Gasteiger partial charge in [0.25, 0.3) is 0 Å². The third-order valence-electron chi connectivity index (χ3n) is 2.84. The van der Waals surface area contributed by atoms with Crippen LogP contribution in [0.25, 0.3) is 0 Å². The lowest BCUT2D eigenvalue weighted by Crippen LogP contribution is -1.81. The van der Waals surface area contributed by atoms with Crippen molar-refractivity contribution < 1.29 is 0 Å². The van der Waals surface area contributed by atoms with Gasteiger partial charge in [-0.25, -0.2) is 0 Å². The van der Waals surface area contributed by atoms with Crippen LogP contribution in [0.5, 0.6) is 0 Å². The Morgan fingerprint density at radius 3 is 1.13 bits per heavy atom. The van der Waals surface area contributed by atoms with Gasteiger partial charge < -0.3 is 0 Å². The van der Waals surface area contributed by atoms with Crippen molar-refractivity contribution in [2.45, 2.75) is 70.6 Å². The molecule has 0 amide bonds. The minimum absolute atomic E-state index is 1.04. The van der Waals surface area contributed by atoms with E-state index in [0.717, 1.165) is 12.8 Å². The maximum absolute atomic E-state index is 3.13. The fourth-order valence-electron chi connectivity index (χ4n) is 1.88. The Labute approximate surface area is 94.8 Å². The Bertz CT molecular complexity index is 225. The Morgan fingerprint density at radius 2 is 0.733 bits per heavy atom. The summed E-state index contributed by atoms with van der Waals surface area (Å²) in [5.74, 6) is 12.1. The minimum atomic E-state index is 1.04. The van der Waals surface area contributed by atoms with Crippen LogP contribution in [0.1, 0.15) is 70.6 Å². The van der Waals surface area contributed by atoms with E-state index in [0.29, 0.717) is 0 Å². The van der Waals surface area contributed by atoms with E-state index in [9.17, 15) is 0 Å². The minimum Gasteiger partial charge on any atom is -0.0891 e. The summed E-state index contributed by atoms with van der Waals surface area (Å²) in [6, 6.07) is 0. The van der Waals surface area contributed by atoms with Crippen LogP contribution in [-0.2, 0) is 0 Å². The second-order valence-electron chi connectivity index (χ2n) is 4.29. The molecule has 0 atom stereocenters. The summed E-state index contributed by atoms with van der Waals surface area (Å²) in [4.78, 5) is 0. The first-order valence-corrected chi connectivity index (χ1v) is 6.46. The first kappa shape index (κ1) is 12.2. The van der Waals surface area contributed by atoms with Gasteiger partial charge in [-0.05, 0) is 24.7 Å². The van der Waals surface area contributed by atoms with Crippen LogP contribution < -0.4 is 0 Å². The molecule has 0 aromatic carbocycles. The molecule has 0 saturated carbocycles. The van der Waals surface area contributed by atoms with Crippen molar-refractivity contribution in [2.24, 2.45) is 0 Å². The van der Waals surface area contributed by atoms with Crippen molar-refractivity contribution >= 4 is 0 Å². The molecule has 0 nitrogen and oxygen atoms in total. The summed E-state index contributed by atoms with van der Waals surface area (Å²) in [5, 5.41) is 0. The molecule has 1 aliphatic rings. The average molecular weight is 202 g/mol. The van der Waals surface area contributed by atoms with E-state index in [1.165, 1.54) is 57.8 Å². The van der Waals surface area contributed by atoms with Crippen LogP contribution in [0.4, 0.5) is 0 Å². The SMILES string of the molecule is C1#CCCCCCCCCCCCC#C1. The van der Waals surface area contributed by atoms with Crippen molar-refractivity contribution in [1.82, 2.24) is 0 Å². The van der Waals surface area contributed by atoms with Crippen LogP contribution in [0.15, 0.2) is 0 Å². The van der Waals surface area contributed by atoms with Crippen molar-refractivity contribution in [1.29, 1.82) is 0 Å². The normalized spacial score (nSPS) is 19.7. The summed E-state index contributed by atoms with van der Waals surface area (Å²) < 4.78 is 0. The molecular weight excluding hydrogens is 180 g/mol. The lowest BCUT2D eigenvalue weighted by Gasteiger charge is -2.00. The third-order valence-corrected chi connectivity index (χ3v) is 2.84. The van der Waals surface area contributed by atoms with Gasteiger partial charge in [0.15, 0.2) is 0 Å². The molecule has 0 aromatic rings. The molecule has 0 aliphatic heterocycles. The molecule has 0 saturated heterocycles. The molecule has 0 N–H and O–H groups in total. The Balaban J connectivity index is 2.22. The largest absolute Gasteiger partial charge is 0.0891 e. The van der Waals surface area contributed by atoms with Gasteiger partial charge in [0.05, 0.1) is 0 Å². The van der Waals surface area contributed by atoms with Gasteiger partial charge in [0, 0.05) is 12.8 Å². The summed E-state index contributed by atoms with van der Waals surface area (Å²) in [6.07, 6.45) is 14.4. The molecule has 0 aromatic heterocycles. The lowest BCUT2D eigenvalue weighted by molar-refractivity contribution is 0.563. The molecule has 15 heavy (non-hydrogen) atoms. The van der Waals surface area contributed by atoms with E-state index in [-0.39, 0.29) is 0 Å². The van der Waals surface area contributed by atoms with Crippen molar-refractivity contribution in [3.05, 3.63) is 0 Å². The second-order valence-corrected chi connectivity index (χ2v) is 4.29. The van der Waals surface area contributed by atoms with E-state index in [4.69, 9.17) is 0 Å². The molecule has 1 rings (SSSR count). The van der Waals surface area contributed by atoms with Gasteiger partial charge in [-0.3, -0.25) is 0 Å². The molecule has 0 spiro atoms. The van der Waals surface area contributed by atoms with Gasteiger partial charge in [-0.2, -0.15) is 0 Å². The summed E-state index contributed by atoms with van der Waals surface area (Å²) in [6.45, 7) is 0. The molecule has 1 aliphatic carbocycles. The Kier molecular flexibility index (Phi) is 7.86. The highest BCUT2D eigenvalue weighted by atomic mass is 14.0. The molecular formula is C15H22. The highest BCUT2D eigenvalue weighted by Crippen LogP contribution is 2.11. The van der Waals surface area contributed by atoms with Crippen molar-refractivity contribution in [3.8, 4) is 23.7 Å². The first-order chi connectivity index (χ1) is 7.50. The predicted octanol–water partition coefficient (Wildman–Crippen LogP) is 4.30. The van der Waals surface area contributed by atoms with Crippen LogP contribution in [-0.4, -0.2) is 0 Å². The maximum atomic E-state index is 3.13. The van der Waals surface area contributed by atoms with Crippen molar-refractivity contribution in [3.63, 3.8) is 0 Å². The maximum Gasteiger partial charge on any atom is 0.00989 e. The van der Waals surface area contributed by atoms with E-state index in [2.05, 4.69) is 23.7 Å². The molecule has 0 fully saturated rings. The van der Waals surface area contributed by atoms with Crippen LogP contribution in [0.2, 0.25) is 0 Å². The standard InChI is InChI=1S/C15H22/c1-2-4-6-8-10-12-14-15-13-11-9-7-5-3-1/h1-11H2. The fourth-order valence-corrected chi connectivity index (χ4v) is 1.88. The zero-order valence-electron chi connectivity index (χ0n) is 9.78. The van der Waals surface area contributed by atoms with Crippen molar-refractivity contribution in [2.75, 3.05) is 0 Å². The lowest BCUT2D eigenvalue weighted by atomic mass is 10.1. The molecule has 0 unspecified atom stereocenters. The number of rotatable bonds is 0. The van der Waals surface area contributed by atoms with Gasteiger partial charge in [-0.15, -0.1) is 0 Å². The quantitative estimate of drug-likeness (QED) is 0.514. The van der Waals surface area contributed by atoms with E-state index in [1.807, 2.05) is 0 Å². The van der Waals surface area contributed by atoms with E-state index >= 15 is 0 Å². The fraction of sp³-hybridized carbons (Fsp3) is 0.733. The Hall–Kier alpha value is -0.880. The first-order valence-electron chi connectivity index (χ1n) is 6.46. The third kappa shape index (κ3) is 8.14. The number of hydrogen-bond acceptors (Lipinski definition) is 0. The highest BCUT2D eigenvalue weighted by Gasteiger charge is 1.92. The molecule has 0 bridgehead atoms. The van der Waals surface area contributed by atoms with Gasteiger partial charge in [0.2, 0.25) is 0 Å². The zero-order chi connectivity index (χ0) is 10.6. The summed E-state index contributed by atoms with van der Waals surface area (Å²) in [5.41, 5.74) is 0. The van der Waals surface area contributed by atoms with E-state index in [1.54, 1.807) is 0 Å². The molecule has 0 radical (unpaired) electrons.